The number of methoxy groups -OCH3 is 2. The van der Waals surface area contributed by atoms with E-state index < -0.39 is 11.7 Å². The van der Waals surface area contributed by atoms with Gasteiger partial charge in [-0.25, -0.2) is 4.39 Å². The zero-order chi connectivity index (χ0) is 19.8. The van der Waals surface area contributed by atoms with Crippen LogP contribution in [0.25, 0.3) is 11.1 Å². The number of nitrogens with one attached hydrogen (secondary N) is 1. The molecule has 6 heteroatoms. The molecule has 0 aliphatic carbocycles. The van der Waals surface area contributed by atoms with Crippen LogP contribution < -0.4 is 19.5 Å². The van der Waals surface area contributed by atoms with Gasteiger partial charge < -0.3 is 19.5 Å². The second kappa shape index (κ2) is 9.62. The largest absolute Gasteiger partial charge is 0.493 e. The fourth-order valence-corrected chi connectivity index (χ4v) is 2.63. The molecular weight excluding hydrogens is 349 g/mol. The molecule has 1 N–H and O–H groups in total. The maximum absolute atomic E-state index is 14.1. The van der Waals surface area contributed by atoms with E-state index in [1.54, 1.807) is 18.2 Å². The molecule has 1 amide bonds. The van der Waals surface area contributed by atoms with Crippen molar-refractivity contribution < 1.29 is 23.4 Å². The summed E-state index contributed by atoms with van der Waals surface area (Å²) in [5, 5.41) is 2.73. The summed E-state index contributed by atoms with van der Waals surface area (Å²) in [6, 6.07) is 7.58. The molecule has 0 atom stereocenters. The van der Waals surface area contributed by atoms with E-state index in [-0.39, 0.29) is 0 Å². The van der Waals surface area contributed by atoms with Crippen molar-refractivity contribution >= 4 is 11.6 Å². The minimum Gasteiger partial charge on any atom is -0.493 e. The lowest BCUT2D eigenvalue weighted by Gasteiger charge is -2.19. The zero-order valence-electron chi connectivity index (χ0n) is 15.8. The van der Waals surface area contributed by atoms with Gasteiger partial charge in [0.1, 0.15) is 11.6 Å². The molecule has 0 aromatic heterocycles. The van der Waals surface area contributed by atoms with Crippen LogP contribution in [0.3, 0.4) is 0 Å². The Hall–Kier alpha value is -3.02. The maximum Gasteiger partial charge on any atom is 0.247 e. The summed E-state index contributed by atoms with van der Waals surface area (Å²) in [6.07, 6.45) is 3.00. The van der Waals surface area contributed by atoms with Gasteiger partial charge in [0.15, 0.2) is 11.5 Å². The van der Waals surface area contributed by atoms with Crippen LogP contribution in [0.15, 0.2) is 43.0 Å². The molecule has 0 aliphatic heterocycles. The third-order valence-corrected chi connectivity index (χ3v) is 3.96. The first-order valence-corrected chi connectivity index (χ1v) is 8.66. The molecule has 0 unspecified atom stereocenters. The van der Waals surface area contributed by atoms with Crippen LogP contribution in [0.4, 0.5) is 10.1 Å². The Morgan fingerprint density at radius 3 is 2.56 bits per heavy atom. The molecule has 144 valence electrons. The predicted octanol–water partition coefficient (Wildman–Crippen LogP) is 4.81. The quantitative estimate of drug-likeness (QED) is 0.506. The van der Waals surface area contributed by atoms with E-state index in [0.717, 1.165) is 18.9 Å². The number of carbonyl (C=O) groups excluding carboxylic acids is 1. The van der Waals surface area contributed by atoms with Gasteiger partial charge in [-0.3, -0.25) is 4.79 Å². The van der Waals surface area contributed by atoms with Gasteiger partial charge in [0.25, 0.3) is 0 Å². The molecule has 0 radical (unpaired) electrons. The van der Waals surface area contributed by atoms with Gasteiger partial charge in [-0.15, -0.1) is 0 Å². The third-order valence-electron chi connectivity index (χ3n) is 3.96. The molecule has 0 saturated carbocycles. The number of unbranched alkanes of at least 4 members (excludes halogenated alkanes) is 1. The van der Waals surface area contributed by atoms with Crippen molar-refractivity contribution in [3.05, 3.63) is 48.8 Å². The summed E-state index contributed by atoms with van der Waals surface area (Å²) >= 11 is 0. The Bertz CT molecular complexity index is 820. The second-order valence-electron chi connectivity index (χ2n) is 5.76. The van der Waals surface area contributed by atoms with Crippen molar-refractivity contribution in [2.75, 3.05) is 26.1 Å². The Balaban J connectivity index is 2.68. The summed E-state index contributed by atoms with van der Waals surface area (Å²) in [4.78, 5) is 11.9. The number of amides is 1. The van der Waals surface area contributed by atoms with Crippen molar-refractivity contribution in [3.8, 4) is 28.4 Å². The predicted molar refractivity (Wildman–Crippen MR) is 104 cm³/mol. The molecular formula is C21H24FNO4. The van der Waals surface area contributed by atoms with Crippen LogP contribution in [0, 0.1) is 5.82 Å². The van der Waals surface area contributed by atoms with Crippen LogP contribution in [0.2, 0.25) is 0 Å². The van der Waals surface area contributed by atoms with Crippen LogP contribution >= 0.6 is 0 Å². The molecule has 27 heavy (non-hydrogen) atoms. The number of carbonyl (C=O) groups is 1. The molecule has 0 bridgehead atoms. The highest BCUT2D eigenvalue weighted by atomic mass is 19.1. The number of hydrogen-bond donors (Lipinski definition) is 1. The van der Waals surface area contributed by atoms with Crippen molar-refractivity contribution in [3.63, 3.8) is 0 Å². The molecule has 0 spiro atoms. The van der Waals surface area contributed by atoms with Gasteiger partial charge in [0.2, 0.25) is 5.91 Å². The summed E-state index contributed by atoms with van der Waals surface area (Å²) < 4.78 is 30.8. The highest BCUT2D eigenvalue weighted by molar-refractivity contribution is 6.03. The Morgan fingerprint density at radius 1 is 1.19 bits per heavy atom. The van der Waals surface area contributed by atoms with Crippen molar-refractivity contribution in [2.45, 2.75) is 19.8 Å². The number of ether oxygens (including phenoxy) is 3. The van der Waals surface area contributed by atoms with Gasteiger partial charge in [0, 0.05) is 5.56 Å². The molecule has 0 saturated heterocycles. The molecule has 2 rings (SSSR count). The lowest BCUT2D eigenvalue weighted by atomic mass is 10.00. The molecule has 0 aliphatic rings. The highest BCUT2D eigenvalue weighted by Crippen LogP contribution is 2.46. The van der Waals surface area contributed by atoms with E-state index in [1.165, 1.54) is 26.4 Å². The van der Waals surface area contributed by atoms with Crippen molar-refractivity contribution in [1.29, 1.82) is 0 Å². The van der Waals surface area contributed by atoms with E-state index >= 15 is 0 Å². The van der Waals surface area contributed by atoms with Gasteiger partial charge in [-0.2, -0.15) is 0 Å². The summed E-state index contributed by atoms with van der Waals surface area (Å²) in [7, 11) is 2.99. The average molecular weight is 373 g/mol. The summed E-state index contributed by atoms with van der Waals surface area (Å²) in [5.74, 6) is 0.482. The maximum atomic E-state index is 14.1. The topological polar surface area (TPSA) is 56.8 Å². The first-order valence-electron chi connectivity index (χ1n) is 8.66. The Morgan fingerprint density at radius 2 is 1.93 bits per heavy atom. The molecule has 0 fully saturated rings. The molecule has 2 aromatic rings. The Labute approximate surface area is 158 Å². The van der Waals surface area contributed by atoms with Crippen LogP contribution in [0.5, 0.6) is 17.2 Å². The number of anilines is 1. The lowest BCUT2D eigenvalue weighted by Crippen LogP contribution is -2.10. The van der Waals surface area contributed by atoms with Gasteiger partial charge in [-0.1, -0.05) is 19.9 Å². The van der Waals surface area contributed by atoms with E-state index in [0.29, 0.717) is 40.7 Å². The number of hydrogen-bond acceptors (Lipinski definition) is 4. The van der Waals surface area contributed by atoms with Gasteiger partial charge in [0.05, 0.1) is 32.1 Å². The number of benzene rings is 2. The minimum absolute atomic E-state index is 0.366. The standard InChI is InChI=1S/C21H24FNO4/c1-5-7-12-27-17-10-8-14(22)13-15(17)20-16(23-19(24)6-2)9-11-18(25-3)21(20)26-4/h6,8-11,13H,2,5,7,12H2,1,3-4H3,(H,23,24). The number of rotatable bonds is 9. The first kappa shape index (κ1) is 20.3. The second-order valence-corrected chi connectivity index (χ2v) is 5.76. The minimum atomic E-state index is -0.432. The van der Waals surface area contributed by atoms with Crippen LogP contribution in [-0.4, -0.2) is 26.7 Å². The third kappa shape index (κ3) is 4.78. The highest BCUT2D eigenvalue weighted by Gasteiger charge is 2.21. The van der Waals surface area contributed by atoms with Crippen LogP contribution in [0.1, 0.15) is 19.8 Å². The van der Waals surface area contributed by atoms with Crippen molar-refractivity contribution in [1.82, 2.24) is 0 Å². The summed E-state index contributed by atoms with van der Waals surface area (Å²) in [5.41, 5.74) is 1.36. The SMILES string of the molecule is C=CC(=O)Nc1ccc(OC)c(OC)c1-c1cc(F)ccc1OCCCC. The fourth-order valence-electron chi connectivity index (χ4n) is 2.63. The van der Waals surface area contributed by atoms with Gasteiger partial charge in [-0.05, 0) is 42.8 Å². The van der Waals surface area contributed by atoms with E-state index in [9.17, 15) is 9.18 Å². The normalized spacial score (nSPS) is 10.2. The van der Waals surface area contributed by atoms with Gasteiger partial charge >= 0.3 is 0 Å². The fraction of sp³-hybridized carbons (Fsp3) is 0.286. The van der Waals surface area contributed by atoms with E-state index in [1.807, 2.05) is 0 Å². The molecule has 2 aromatic carbocycles. The van der Waals surface area contributed by atoms with Crippen LogP contribution in [-0.2, 0) is 4.79 Å². The smallest absolute Gasteiger partial charge is 0.247 e. The first-order chi connectivity index (χ1) is 13.0. The summed E-state index contributed by atoms with van der Waals surface area (Å²) in [6.45, 7) is 6.02. The average Bonchev–Trinajstić information content (AvgIpc) is 2.68. The van der Waals surface area contributed by atoms with E-state index in [2.05, 4.69) is 18.8 Å². The molecule has 0 heterocycles. The number of halogens is 1. The Kier molecular flexibility index (Phi) is 7.23. The lowest BCUT2D eigenvalue weighted by molar-refractivity contribution is -0.111. The van der Waals surface area contributed by atoms with E-state index in [4.69, 9.17) is 14.2 Å². The van der Waals surface area contributed by atoms with Crippen molar-refractivity contribution in [2.24, 2.45) is 0 Å². The zero-order valence-corrected chi connectivity index (χ0v) is 15.8. The molecule has 5 nitrogen and oxygen atoms in total. The monoisotopic (exact) mass is 373 g/mol.